The van der Waals surface area contributed by atoms with E-state index in [0.29, 0.717) is 38.7 Å². The van der Waals surface area contributed by atoms with Crippen LogP contribution in [0.2, 0.25) is 5.02 Å². The number of fused-ring (bicyclic) bond motifs is 1. The first-order valence-electron chi connectivity index (χ1n) is 14.5. The molecule has 1 aliphatic carbocycles. The molecule has 0 bridgehead atoms. The number of rotatable bonds is 9. The molecule has 1 aromatic heterocycles. The summed E-state index contributed by atoms with van der Waals surface area (Å²) in [5.74, 6) is 0.217. The molecule has 3 aliphatic rings. The number of nitrogens with zero attached hydrogens (tertiary/aromatic N) is 1. The van der Waals surface area contributed by atoms with Gasteiger partial charge in [-0.05, 0) is 93.5 Å². The number of aryl methyl sites for hydroxylation is 1. The smallest absolute Gasteiger partial charge is 0.256 e. The van der Waals surface area contributed by atoms with Crippen molar-refractivity contribution in [1.82, 2.24) is 15.2 Å². The minimum atomic E-state index is -3.73. The highest BCUT2D eigenvalue weighted by Crippen LogP contribution is 2.37. The fourth-order valence-corrected chi connectivity index (χ4v) is 7.71. The number of aromatic nitrogens is 1. The van der Waals surface area contributed by atoms with Crippen molar-refractivity contribution in [3.05, 3.63) is 81.1 Å². The second-order valence-electron chi connectivity index (χ2n) is 11.6. The first-order valence-corrected chi connectivity index (χ1v) is 16.5. The topological polar surface area (TPSA) is 111 Å². The first kappa shape index (κ1) is 28.7. The van der Waals surface area contributed by atoms with Gasteiger partial charge in [-0.1, -0.05) is 29.8 Å². The molecule has 2 amide bonds. The number of benzene rings is 2. The van der Waals surface area contributed by atoms with Crippen molar-refractivity contribution in [2.75, 3.05) is 25.0 Å². The number of hydrogen-bond acceptors (Lipinski definition) is 5. The highest BCUT2D eigenvalue weighted by atomic mass is 35.5. The van der Waals surface area contributed by atoms with Crippen molar-refractivity contribution < 1.29 is 18.0 Å². The normalized spacial score (nSPS) is 19.4. The number of likely N-dealkylation sites (tertiary alicyclic amines) is 1. The monoisotopic (exact) mass is 606 g/mol. The summed E-state index contributed by atoms with van der Waals surface area (Å²) in [4.78, 5) is 32.2. The summed E-state index contributed by atoms with van der Waals surface area (Å²) in [7, 11) is -3.73. The van der Waals surface area contributed by atoms with Crippen LogP contribution >= 0.6 is 11.6 Å². The minimum absolute atomic E-state index is 0.00541. The van der Waals surface area contributed by atoms with Gasteiger partial charge in [-0.25, -0.2) is 8.42 Å². The van der Waals surface area contributed by atoms with Gasteiger partial charge in [0, 0.05) is 46.8 Å². The molecule has 0 unspecified atom stereocenters. The molecule has 3 aromatic rings. The van der Waals surface area contributed by atoms with E-state index >= 15 is 0 Å². The number of carbonyl (C=O) groups is 2. The Bertz CT molecular complexity index is 1710. The number of H-pyrrole nitrogens is 1. The van der Waals surface area contributed by atoms with Gasteiger partial charge in [0.15, 0.2) is 9.84 Å². The maximum absolute atomic E-state index is 13.8. The zero-order valence-corrected chi connectivity index (χ0v) is 25.4. The summed E-state index contributed by atoms with van der Waals surface area (Å²) >= 11 is 6.22. The third-order valence-corrected chi connectivity index (χ3v) is 10.6. The Morgan fingerprint density at radius 3 is 2.67 bits per heavy atom. The third-order valence-electron chi connectivity index (χ3n) is 8.56. The Morgan fingerprint density at radius 2 is 1.90 bits per heavy atom. The van der Waals surface area contributed by atoms with Crippen LogP contribution < -0.4 is 10.6 Å². The van der Waals surface area contributed by atoms with Gasteiger partial charge in [0.05, 0.1) is 21.8 Å². The van der Waals surface area contributed by atoms with E-state index in [-0.39, 0.29) is 28.5 Å². The molecule has 220 valence electrons. The van der Waals surface area contributed by atoms with Gasteiger partial charge in [0.1, 0.15) is 0 Å². The van der Waals surface area contributed by atoms with Crippen LogP contribution in [0.15, 0.2) is 47.4 Å². The molecule has 1 saturated carbocycles. The minimum Gasteiger partial charge on any atom is -0.358 e. The predicted octanol–water partition coefficient (Wildman–Crippen LogP) is 5.36. The molecular weight excluding hydrogens is 572 g/mol. The molecule has 8 nitrogen and oxygen atoms in total. The lowest BCUT2D eigenvalue weighted by molar-refractivity contribution is -0.110. The van der Waals surface area contributed by atoms with E-state index in [9.17, 15) is 18.0 Å². The van der Waals surface area contributed by atoms with Crippen LogP contribution in [0.3, 0.4) is 0 Å². The summed E-state index contributed by atoms with van der Waals surface area (Å²) < 4.78 is 26.6. The number of amides is 2. The van der Waals surface area contributed by atoms with Gasteiger partial charge in [-0.3, -0.25) is 9.59 Å². The van der Waals surface area contributed by atoms with Crippen LogP contribution in [0, 0.1) is 19.8 Å². The third kappa shape index (κ3) is 5.65. The summed E-state index contributed by atoms with van der Waals surface area (Å²) in [5.41, 5.74) is 4.69. The van der Waals surface area contributed by atoms with Gasteiger partial charge in [0.25, 0.3) is 11.8 Å². The Labute approximate surface area is 251 Å². The van der Waals surface area contributed by atoms with E-state index in [4.69, 9.17) is 11.6 Å². The molecule has 2 aliphatic heterocycles. The summed E-state index contributed by atoms with van der Waals surface area (Å²) in [6, 6.07) is 11.7. The van der Waals surface area contributed by atoms with Crippen molar-refractivity contribution in [3.63, 3.8) is 0 Å². The lowest BCUT2D eigenvalue weighted by Gasteiger charge is -2.25. The molecule has 42 heavy (non-hydrogen) atoms. The number of hydrogen-bond donors (Lipinski definition) is 3. The number of carbonyl (C=O) groups excluding carboxylic acids is 2. The van der Waals surface area contributed by atoms with E-state index in [1.165, 1.54) is 25.0 Å². The second-order valence-corrected chi connectivity index (χ2v) is 14.0. The molecule has 0 radical (unpaired) electrons. The molecule has 3 heterocycles. The molecule has 2 aromatic carbocycles. The van der Waals surface area contributed by atoms with Crippen molar-refractivity contribution in [1.29, 1.82) is 0 Å². The average Bonchev–Trinajstić information content (AvgIpc) is 3.45. The molecule has 1 atom stereocenters. The maximum Gasteiger partial charge on any atom is 0.256 e. The molecule has 3 N–H and O–H groups in total. The molecule has 10 heteroatoms. The fourth-order valence-electron chi connectivity index (χ4n) is 6.03. The van der Waals surface area contributed by atoms with Crippen molar-refractivity contribution in [3.8, 4) is 0 Å². The van der Waals surface area contributed by atoms with Crippen LogP contribution in [-0.2, 0) is 20.4 Å². The SMILES string of the molecule is Cc1[nH]c(C=C2C(=O)Nc3ccc(S(=O)(=O)Cc4ccccc4Cl)cc32)c(C)c1C(=O)N1CCC[C@@H]1CNCC1CC1. The highest BCUT2D eigenvalue weighted by Gasteiger charge is 2.33. The van der Waals surface area contributed by atoms with Gasteiger partial charge in [0.2, 0.25) is 0 Å². The van der Waals surface area contributed by atoms with Crippen molar-refractivity contribution >= 4 is 50.6 Å². The lowest BCUT2D eigenvalue weighted by atomic mass is 10.0. The average molecular weight is 607 g/mol. The molecule has 0 spiro atoms. The Hall–Kier alpha value is -3.40. The van der Waals surface area contributed by atoms with E-state index in [0.717, 1.165) is 49.7 Å². The maximum atomic E-state index is 13.8. The number of halogens is 1. The predicted molar refractivity (Wildman–Crippen MR) is 165 cm³/mol. The molecule has 2 fully saturated rings. The Kier molecular flexibility index (Phi) is 7.76. The highest BCUT2D eigenvalue weighted by molar-refractivity contribution is 7.90. The second kappa shape index (κ2) is 11.4. The summed E-state index contributed by atoms with van der Waals surface area (Å²) in [6.07, 6.45) is 6.27. The van der Waals surface area contributed by atoms with Crippen LogP contribution in [-0.4, -0.2) is 55.8 Å². The number of sulfone groups is 1. The molecular formula is C32H35ClN4O4S. The van der Waals surface area contributed by atoms with Crippen molar-refractivity contribution in [2.24, 2.45) is 5.92 Å². The lowest BCUT2D eigenvalue weighted by Crippen LogP contribution is -2.42. The molecule has 6 rings (SSSR count). The number of nitrogens with one attached hydrogen (secondary N) is 3. The van der Waals surface area contributed by atoms with Gasteiger partial charge >= 0.3 is 0 Å². The Balaban J connectivity index is 1.27. The zero-order valence-electron chi connectivity index (χ0n) is 23.8. The summed E-state index contributed by atoms with van der Waals surface area (Å²) in [5, 5.41) is 6.77. The standard InChI is InChI=1S/C32H35ClN4O4S/c1-19-29(35-20(2)30(19)32(39)37-13-5-7-23(37)17-34-16-21-9-10-21)15-26-25-14-24(11-12-28(25)36-31(26)38)42(40,41)18-22-6-3-4-8-27(22)33/h3-4,6,8,11-12,14-15,21,23,34-35H,5,7,9-10,13,16-18H2,1-2H3,(H,36,38)/t23-/m1/s1. The van der Waals surface area contributed by atoms with Gasteiger partial charge in [-0.2, -0.15) is 0 Å². The van der Waals surface area contributed by atoms with Crippen LogP contribution in [0.1, 0.15) is 64.1 Å². The van der Waals surface area contributed by atoms with E-state index in [2.05, 4.69) is 15.6 Å². The Morgan fingerprint density at radius 1 is 1.12 bits per heavy atom. The van der Waals surface area contributed by atoms with Gasteiger partial charge < -0.3 is 20.5 Å². The first-order chi connectivity index (χ1) is 20.1. The fraction of sp³-hybridized carbons (Fsp3) is 0.375. The molecule has 1 saturated heterocycles. The van der Waals surface area contributed by atoms with Gasteiger partial charge in [-0.15, -0.1) is 0 Å². The van der Waals surface area contributed by atoms with Crippen LogP contribution in [0.5, 0.6) is 0 Å². The largest absolute Gasteiger partial charge is 0.358 e. The van der Waals surface area contributed by atoms with E-state index in [1.54, 1.807) is 36.4 Å². The van der Waals surface area contributed by atoms with E-state index < -0.39 is 9.84 Å². The summed E-state index contributed by atoms with van der Waals surface area (Å²) in [6.45, 7) is 6.32. The van der Waals surface area contributed by atoms with E-state index in [1.807, 2.05) is 18.7 Å². The number of aromatic amines is 1. The van der Waals surface area contributed by atoms with Crippen molar-refractivity contribution in [2.45, 2.75) is 56.2 Å². The number of anilines is 1. The van der Waals surface area contributed by atoms with Crippen LogP contribution in [0.4, 0.5) is 5.69 Å². The zero-order chi connectivity index (χ0) is 29.6. The quantitative estimate of drug-likeness (QED) is 0.284. The van der Waals surface area contributed by atoms with Crippen LogP contribution in [0.25, 0.3) is 11.6 Å².